The third-order valence-electron chi connectivity index (χ3n) is 4.03. The SMILES string of the molecule is COc1cccc(N=Nc2ccc(-c3nc(S(C)(=O)=O)nc(Cl)c3C)cc2N)c1. The summed E-state index contributed by atoms with van der Waals surface area (Å²) in [5.74, 6) is 0.669. The van der Waals surface area contributed by atoms with Gasteiger partial charge in [0.05, 0.1) is 24.2 Å². The molecule has 2 aromatic carbocycles. The van der Waals surface area contributed by atoms with Gasteiger partial charge >= 0.3 is 0 Å². The summed E-state index contributed by atoms with van der Waals surface area (Å²) in [4.78, 5) is 7.99. The number of ether oxygens (including phenoxy) is 1. The second kappa shape index (κ2) is 8.14. The standard InChI is InChI=1S/C19H18ClN5O3S/c1-11-17(22-19(23-18(11)20)29(3,26)27)12-7-8-16(15(21)9-12)25-24-13-5-4-6-14(10-13)28-2/h4-10H,21H2,1-3H3. The van der Waals surface area contributed by atoms with Crippen molar-refractivity contribution in [2.24, 2.45) is 10.2 Å². The first-order valence-corrected chi connectivity index (χ1v) is 10.7. The van der Waals surface area contributed by atoms with Gasteiger partial charge in [0.15, 0.2) is 0 Å². The van der Waals surface area contributed by atoms with Gasteiger partial charge in [-0.1, -0.05) is 23.7 Å². The van der Waals surface area contributed by atoms with E-state index in [-0.39, 0.29) is 10.3 Å². The smallest absolute Gasteiger partial charge is 0.248 e. The van der Waals surface area contributed by atoms with E-state index in [1.807, 2.05) is 6.07 Å². The molecule has 3 aromatic rings. The number of benzene rings is 2. The van der Waals surface area contributed by atoms with Gasteiger partial charge in [-0.15, -0.1) is 5.11 Å². The van der Waals surface area contributed by atoms with Crippen molar-refractivity contribution in [1.29, 1.82) is 0 Å². The van der Waals surface area contributed by atoms with Crippen LogP contribution >= 0.6 is 11.6 Å². The number of rotatable bonds is 5. The summed E-state index contributed by atoms with van der Waals surface area (Å²) in [6.45, 7) is 1.70. The molecule has 0 unspecified atom stereocenters. The highest BCUT2D eigenvalue weighted by atomic mass is 35.5. The molecule has 0 fully saturated rings. The van der Waals surface area contributed by atoms with Crippen LogP contribution in [0.25, 0.3) is 11.3 Å². The second-order valence-electron chi connectivity index (χ2n) is 6.22. The summed E-state index contributed by atoms with van der Waals surface area (Å²) in [7, 11) is -2.04. The first-order chi connectivity index (χ1) is 13.7. The van der Waals surface area contributed by atoms with Crippen LogP contribution < -0.4 is 10.5 Å². The molecular weight excluding hydrogens is 414 g/mol. The first kappa shape index (κ1) is 20.7. The molecule has 1 heterocycles. The number of halogens is 1. The van der Waals surface area contributed by atoms with Gasteiger partial charge < -0.3 is 10.5 Å². The Kier molecular flexibility index (Phi) is 5.81. The number of nitrogen functional groups attached to an aromatic ring is 1. The van der Waals surface area contributed by atoms with Crippen LogP contribution in [0.1, 0.15) is 5.56 Å². The average molecular weight is 432 g/mol. The van der Waals surface area contributed by atoms with Gasteiger partial charge in [0.25, 0.3) is 0 Å². The minimum Gasteiger partial charge on any atom is -0.497 e. The van der Waals surface area contributed by atoms with Crippen LogP contribution in [-0.2, 0) is 9.84 Å². The van der Waals surface area contributed by atoms with Crippen molar-refractivity contribution in [3.63, 3.8) is 0 Å². The quantitative estimate of drug-likeness (QED) is 0.274. The minimum absolute atomic E-state index is 0.0655. The molecule has 0 amide bonds. The van der Waals surface area contributed by atoms with E-state index in [0.717, 1.165) is 6.26 Å². The number of hydrogen-bond donors (Lipinski definition) is 1. The topological polar surface area (TPSA) is 120 Å². The van der Waals surface area contributed by atoms with E-state index in [0.29, 0.717) is 39.6 Å². The molecule has 0 radical (unpaired) electrons. The van der Waals surface area contributed by atoms with E-state index in [4.69, 9.17) is 22.1 Å². The fourth-order valence-corrected chi connectivity index (χ4v) is 3.23. The normalized spacial score (nSPS) is 11.7. The molecule has 0 atom stereocenters. The Morgan fingerprint density at radius 3 is 2.52 bits per heavy atom. The Morgan fingerprint density at radius 2 is 1.86 bits per heavy atom. The van der Waals surface area contributed by atoms with Crippen LogP contribution in [0.2, 0.25) is 5.15 Å². The second-order valence-corrected chi connectivity index (χ2v) is 8.49. The van der Waals surface area contributed by atoms with E-state index >= 15 is 0 Å². The number of nitrogens with two attached hydrogens (primary N) is 1. The van der Waals surface area contributed by atoms with Crippen molar-refractivity contribution in [1.82, 2.24) is 9.97 Å². The fourth-order valence-electron chi connectivity index (χ4n) is 2.49. The molecule has 29 heavy (non-hydrogen) atoms. The molecule has 0 aliphatic rings. The van der Waals surface area contributed by atoms with E-state index in [2.05, 4.69) is 20.2 Å². The van der Waals surface area contributed by atoms with Gasteiger partial charge in [-0.2, -0.15) is 5.11 Å². The van der Waals surface area contributed by atoms with Gasteiger partial charge in [-0.3, -0.25) is 0 Å². The molecule has 0 spiro atoms. The highest BCUT2D eigenvalue weighted by Crippen LogP contribution is 2.33. The summed E-state index contributed by atoms with van der Waals surface area (Å²) < 4.78 is 28.8. The number of sulfone groups is 1. The zero-order chi connectivity index (χ0) is 21.2. The first-order valence-electron chi connectivity index (χ1n) is 8.39. The van der Waals surface area contributed by atoms with Crippen LogP contribution in [0, 0.1) is 6.92 Å². The average Bonchev–Trinajstić information content (AvgIpc) is 2.68. The predicted octanol–water partition coefficient (Wildman–Crippen LogP) is 4.52. The molecule has 0 saturated carbocycles. The number of nitrogens with zero attached hydrogens (tertiary/aromatic N) is 4. The summed E-state index contributed by atoms with van der Waals surface area (Å²) >= 11 is 6.10. The van der Waals surface area contributed by atoms with Crippen molar-refractivity contribution in [3.8, 4) is 17.0 Å². The lowest BCUT2D eigenvalue weighted by atomic mass is 10.1. The van der Waals surface area contributed by atoms with Crippen molar-refractivity contribution in [3.05, 3.63) is 53.2 Å². The number of aromatic nitrogens is 2. The zero-order valence-electron chi connectivity index (χ0n) is 15.9. The van der Waals surface area contributed by atoms with Crippen LogP contribution in [0.4, 0.5) is 17.1 Å². The highest BCUT2D eigenvalue weighted by molar-refractivity contribution is 7.90. The highest BCUT2D eigenvalue weighted by Gasteiger charge is 2.18. The molecule has 0 saturated heterocycles. The Morgan fingerprint density at radius 1 is 1.10 bits per heavy atom. The Balaban J connectivity index is 1.98. The van der Waals surface area contributed by atoms with Gasteiger partial charge in [0, 0.05) is 23.4 Å². The fraction of sp³-hybridized carbons (Fsp3) is 0.158. The van der Waals surface area contributed by atoms with Gasteiger partial charge in [-0.05, 0) is 31.2 Å². The van der Waals surface area contributed by atoms with Gasteiger partial charge in [-0.25, -0.2) is 18.4 Å². The minimum atomic E-state index is -3.62. The summed E-state index contributed by atoms with van der Waals surface area (Å²) in [5.41, 5.74) is 9.06. The molecule has 0 aliphatic heterocycles. The maximum absolute atomic E-state index is 11.8. The van der Waals surface area contributed by atoms with E-state index in [1.165, 1.54) is 0 Å². The third-order valence-corrected chi connectivity index (χ3v) is 5.24. The Labute approximate surface area is 173 Å². The predicted molar refractivity (Wildman–Crippen MR) is 112 cm³/mol. The summed E-state index contributed by atoms with van der Waals surface area (Å²) in [5, 5.41) is 8.06. The van der Waals surface area contributed by atoms with Crippen molar-refractivity contribution in [2.75, 3.05) is 19.1 Å². The summed E-state index contributed by atoms with van der Waals surface area (Å²) in [6, 6.07) is 12.2. The molecule has 0 aliphatic carbocycles. The maximum atomic E-state index is 11.8. The van der Waals surface area contributed by atoms with Crippen molar-refractivity contribution in [2.45, 2.75) is 12.1 Å². The molecule has 3 rings (SSSR count). The molecule has 0 bridgehead atoms. The number of anilines is 1. The van der Waals surface area contributed by atoms with Crippen LogP contribution in [0.3, 0.4) is 0 Å². The monoisotopic (exact) mass is 431 g/mol. The van der Waals surface area contributed by atoms with Crippen LogP contribution in [0.15, 0.2) is 57.8 Å². The lowest BCUT2D eigenvalue weighted by molar-refractivity contribution is 0.415. The Bertz CT molecular complexity index is 1210. The van der Waals surface area contributed by atoms with Crippen LogP contribution in [-0.4, -0.2) is 31.8 Å². The van der Waals surface area contributed by atoms with E-state index < -0.39 is 9.84 Å². The van der Waals surface area contributed by atoms with Gasteiger partial charge in [0.1, 0.15) is 16.6 Å². The van der Waals surface area contributed by atoms with E-state index in [1.54, 1.807) is 50.4 Å². The zero-order valence-corrected chi connectivity index (χ0v) is 17.5. The molecule has 150 valence electrons. The molecule has 2 N–H and O–H groups in total. The lowest BCUT2D eigenvalue weighted by Gasteiger charge is -2.10. The number of hydrogen-bond acceptors (Lipinski definition) is 8. The molecular formula is C19H18ClN5O3S. The number of methoxy groups -OCH3 is 1. The summed E-state index contributed by atoms with van der Waals surface area (Å²) in [6.07, 6.45) is 1.02. The van der Waals surface area contributed by atoms with Gasteiger partial charge in [0.2, 0.25) is 15.0 Å². The van der Waals surface area contributed by atoms with Crippen LogP contribution in [0.5, 0.6) is 5.75 Å². The Hall–Kier alpha value is -3.04. The van der Waals surface area contributed by atoms with Crippen molar-refractivity contribution < 1.29 is 13.2 Å². The van der Waals surface area contributed by atoms with Crippen molar-refractivity contribution >= 4 is 38.5 Å². The lowest BCUT2D eigenvalue weighted by Crippen LogP contribution is -2.07. The maximum Gasteiger partial charge on any atom is 0.248 e. The third kappa shape index (κ3) is 4.69. The van der Waals surface area contributed by atoms with E-state index in [9.17, 15) is 8.42 Å². The molecule has 1 aromatic heterocycles. The largest absolute Gasteiger partial charge is 0.497 e. The molecule has 10 heteroatoms. The number of azo groups is 1. The molecule has 8 nitrogen and oxygen atoms in total.